The van der Waals surface area contributed by atoms with Crippen LogP contribution in [0.15, 0.2) is 64.3 Å². The fraction of sp³-hybridized carbons (Fsp3) is 0.100. The number of fused-ring (bicyclic) bond motifs is 2. The number of aromatic hydroxyl groups is 1. The van der Waals surface area contributed by atoms with Gasteiger partial charge in [-0.1, -0.05) is 24.3 Å². The van der Waals surface area contributed by atoms with Gasteiger partial charge in [0, 0.05) is 22.7 Å². The van der Waals surface area contributed by atoms with Gasteiger partial charge in [-0.3, -0.25) is 4.79 Å². The van der Waals surface area contributed by atoms with Crippen molar-refractivity contribution in [2.45, 2.75) is 4.90 Å². The van der Waals surface area contributed by atoms with Crippen molar-refractivity contribution in [2.24, 2.45) is 7.05 Å². The molecule has 0 spiro atoms. The van der Waals surface area contributed by atoms with E-state index >= 15 is 0 Å². The quantitative estimate of drug-likeness (QED) is 0.552. The highest BCUT2D eigenvalue weighted by atomic mass is 32.2. The Hall–Kier alpha value is -2.79. The average Bonchev–Trinajstić information content (AvgIpc) is 2.66. The molecule has 0 unspecified atom stereocenters. The molecular weight excluding hydrogens is 332 g/mol. The number of nitrogens with zero attached hydrogens (tertiary/aromatic N) is 2. The van der Waals surface area contributed by atoms with Crippen LogP contribution in [-0.2, 0) is 7.05 Å². The molecule has 4 aromatic rings. The van der Waals surface area contributed by atoms with Crippen LogP contribution in [0.3, 0.4) is 0 Å². The molecule has 5 heteroatoms. The van der Waals surface area contributed by atoms with Crippen LogP contribution in [-0.4, -0.2) is 20.9 Å². The summed E-state index contributed by atoms with van der Waals surface area (Å²) in [4.78, 5) is 18.5. The molecule has 2 heterocycles. The van der Waals surface area contributed by atoms with E-state index in [1.54, 1.807) is 29.4 Å². The third-order valence-corrected chi connectivity index (χ3v) is 5.16. The van der Waals surface area contributed by atoms with Gasteiger partial charge in [0.2, 0.25) is 0 Å². The molecule has 0 aliphatic heterocycles. The topological polar surface area (TPSA) is 55.1 Å². The first-order valence-electron chi connectivity index (χ1n) is 7.86. The number of thioether (sulfide) groups is 1. The number of hydrogen-bond donors (Lipinski definition) is 1. The summed E-state index contributed by atoms with van der Waals surface area (Å²) in [5.74, 6) is -0.0169. The number of aryl methyl sites for hydroxylation is 1. The van der Waals surface area contributed by atoms with Gasteiger partial charge in [-0.15, -0.1) is 11.8 Å². The predicted octanol–water partition coefficient (Wildman–Crippen LogP) is 4.18. The van der Waals surface area contributed by atoms with E-state index < -0.39 is 0 Å². The van der Waals surface area contributed by atoms with Crippen molar-refractivity contribution in [3.8, 4) is 17.0 Å². The lowest BCUT2D eigenvalue weighted by molar-refractivity contribution is 0.481. The third kappa shape index (κ3) is 2.48. The fourth-order valence-electron chi connectivity index (χ4n) is 3.07. The number of aromatic nitrogens is 2. The molecular formula is C20H16N2O2S. The minimum Gasteiger partial charge on any atom is -0.506 e. The maximum atomic E-state index is 12.9. The molecule has 0 saturated heterocycles. The van der Waals surface area contributed by atoms with Crippen molar-refractivity contribution in [1.29, 1.82) is 0 Å². The largest absolute Gasteiger partial charge is 0.506 e. The molecule has 1 N–H and O–H groups in total. The lowest BCUT2D eigenvalue weighted by Crippen LogP contribution is -2.19. The minimum absolute atomic E-state index is 0.0169. The summed E-state index contributed by atoms with van der Waals surface area (Å²) in [6.07, 6.45) is 1.98. The molecule has 4 rings (SSSR count). The van der Waals surface area contributed by atoms with E-state index in [0.29, 0.717) is 16.6 Å². The van der Waals surface area contributed by atoms with E-state index in [2.05, 4.69) is 4.98 Å². The van der Waals surface area contributed by atoms with E-state index in [1.807, 2.05) is 54.8 Å². The van der Waals surface area contributed by atoms with E-state index in [9.17, 15) is 9.90 Å². The van der Waals surface area contributed by atoms with E-state index in [0.717, 1.165) is 15.8 Å². The van der Waals surface area contributed by atoms with Gasteiger partial charge in [0.05, 0.1) is 16.7 Å². The Morgan fingerprint density at radius 2 is 1.88 bits per heavy atom. The van der Waals surface area contributed by atoms with E-state index in [-0.39, 0.29) is 16.9 Å². The first-order valence-corrected chi connectivity index (χ1v) is 9.08. The van der Waals surface area contributed by atoms with Crippen molar-refractivity contribution < 1.29 is 5.11 Å². The Morgan fingerprint density at radius 1 is 1.08 bits per heavy atom. The standard InChI is InChI=1S/C20H16N2O2S/c1-22-17-10-8-13(25-2)11-14(17)19(23)18(20(22)24)16-9-7-12-5-3-4-6-15(12)21-16/h3-11,23H,1-2H3. The molecule has 2 aromatic carbocycles. The Bertz CT molecular complexity index is 1180. The van der Waals surface area contributed by atoms with Gasteiger partial charge in [-0.05, 0) is 36.6 Å². The highest BCUT2D eigenvalue weighted by Crippen LogP contribution is 2.34. The minimum atomic E-state index is -0.260. The predicted molar refractivity (Wildman–Crippen MR) is 103 cm³/mol. The highest BCUT2D eigenvalue weighted by Gasteiger charge is 2.18. The van der Waals surface area contributed by atoms with Crippen LogP contribution >= 0.6 is 11.8 Å². The molecule has 25 heavy (non-hydrogen) atoms. The van der Waals surface area contributed by atoms with Crippen LogP contribution in [0.4, 0.5) is 0 Å². The summed E-state index contributed by atoms with van der Waals surface area (Å²) in [7, 11) is 1.72. The van der Waals surface area contributed by atoms with Crippen molar-refractivity contribution in [1.82, 2.24) is 9.55 Å². The first kappa shape index (κ1) is 15.7. The van der Waals surface area contributed by atoms with Gasteiger partial charge in [0.25, 0.3) is 5.56 Å². The molecule has 0 radical (unpaired) electrons. The van der Waals surface area contributed by atoms with Gasteiger partial charge in [0.15, 0.2) is 0 Å². The maximum Gasteiger partial charge on any atom is 0.264 e. The van der Waals surface area contributed by atoms with Crippen LogP contribution in [0, 0.1) is 0 Å². The molecule has 2 aromatic heterocycles. The number of pyridine rings is 2. The van der Waals surface area contributed by atoms with Gasteiger partial charge < -0.3 is 9.67 Å². The van der Waals surface area contributed by atoms with Crippen LogP contribution in [0.25, 0.3) is 33.1 Å². The summed E-state index contributed by atoms with van der Waals surface area (Å²) in [6.45, 7) is 0. The highest BCUT2D eigenvalue weighted by molar-refractivity contribution is 7.98. The van der Waals surface area contributed by atoms with Gasteiger partial charge in [-0.2, -0.15) is 0 Å². The second kappa shape index (κ2) is 5.93. The van der Waals surface area contributed by atoms with Crippen LogP contribution in [0.2, 0.25) is 0 Å². The number of benzene rings is 2. The summed E-state index contributed by atoms with van der Waals surface area (Å²) >= 11 is 1.59. The molecule has 0 bridgehead atoms. The first-order chi connectivity index (χ1) is 12.1. The van der Waals surface area contributed by atoms with E-state index in [4.69, 9.17) is 0 Å². The van der Waals surface area contributed by atoms with Gasteiger partial charge >= 0.3 is 0 Å². The molecule has 4 nitrogen and oxygen atoms in total. The van der Waals surface area contributed by atoms with Gasteiger partial charge in [-0.25, -0.2) is 4.98 Å². The van der Waals surface area contributed by atoms with Crippen molar-refractivity contribution >= 4 is 33.6 Å². The smallest absolute Gasteiger partial charge is 0.264 e. The molecule has 0 aliphatic rings. The maximum absolute atomic E-state index is 12.9. The van der Waals surface area contributed by atoms with Crippen molar-refractivity contribution in [3.05, 3.63) is 65.0 Å². The zero-order valence-electron chi connectivity index (χ0n) is 13.9. The lowest BCUT2D eigenvalue weighted by Gasteiger charge is -2.13. The monoisotopic (exact) mass is 348 g/mol. The molecule has 0 atom stereocenters. The van der Waals surface area contributed by atoms with Crippen molar-refractivity contribution in [3.63, 3.8) is 0 Å². The number of para-hydroxylation sites is 1. The second-order valence-electron chi connectivity index (χ2n) is 5.86. The van der Waals surface area contributed by atoms with Crippen LogP contribution in [0.1, 0.15) is 0 Å². The fourth-order valence-corrected chi connectivity index (χ4v) is 3.51. The summed E-state index contributed by atoms with van der Waals surface area (Å²) in [5, 5.41) is 12.5. The van der Waals surface area contributed by atoms with Crippen LogP contribution < -0.4 is 5.56 Å². The van der Waals surface area contributed by atoms with Gasteiger partial charge in [0.1, 0.15) is 11.3 Å². The van der Waals surface area contributed by atoms with Crippen molar-refractivity contribution in [2.75, 3.05) is 6.26 Å². The molecule has 0 aliphatic carbocycles. The SMILES string of the molecule is CSc1ccc2c(c1)c(O)c(-c1ccc3ccccc3n1)c(=O)n2C. The summed E-state index contributed by atoms with van der Waals surface area (Å²) in [6, 6.07) is 17.1. The molecule has 124 valence electrons. The summed E-state index contributed by atoms with van der Waals surface area (Å²) in [5.41, 5.74) is 1.95. The zero-order valence-corrected chi connectivity index (χ0v) is 14.7. The normalized spacial score (nSPS) is 11.3. The average molecular weight is 348 g/mol. The Balaban J connectivity index is 2.07. The molecule has 0 amide bonds. The second-order valence-corrected chi connectivity index (χ2v) is 6.74. The molecule has 0 fully saturated rings. The zero-order chi connectivity index (χ0) is 17.6. The number of hydrogen-bond acceptors (Lipinski definition) is 4. The van der Waals surface area contributed by atoms with Crippen LogP contribution in [0.5, 0.6) is 5.75 Å². The third-order valence-electron chi connectivity index (χ3n) is 4.43. The number of rotatable bonds is 2. The summed E-state index contributed by atoms with van der Waals surface area (Å²) < 4.78 is 1.56. The Kier molecular flexibility index (Phi) is 3.73. The molecule has 0 saturated carbocycles. The Morgan fingerprint density at radius 3 is 2.68 bits per heavy atom. The van der Waals surface area contributed by atoms with E-state index in [1.165, 1.54) is 0 Å². The lowest BCUT2D eigenvalue weighted by atomic mass is 10.1. The Labute approximate surface area is 148 Å².